The highest BCUT2D eigenvalue weighted by Gasteiger charge is 2.24. The van der Waals surface area contributed by atoms with Gasteiger partial charge in [0.1, 0.15) is 0 Å². The second-order valence-corrected chi connectivity index (χ2v) is 7.90. The Bertz CT molecular complexity index is 578. The lowest BCUT2D eigenvalue weighted by Crippen LogP contribution is -2.40. The molecule has 0 aromatic heterocycles. The summed E-state index contributed by atoms with van der Waals surface area (Å²) in [6, 6.07) is 9.04. The van der Waals surface area contributed by atoms with Gasteiger partial charge in [-0.25, -0.2) is 0 Å². The van der Waals surface area contributed by atoms with Crippen molar-refractivity contribution in [2.24, 2.45) is 10.9 Å². The summed E-state index contributed by atoms with van der Waals surface area (Å²) in [6.07, 6.45) is 3.32. The molecule has 1 atom stereocenters. The summed E-state index contributed by atoms with van der Waals surface area (Å²) in [7, 11) is 1.71. The normalized spacial score (nSPS) is 16.9. The van der Waals surface area contributed by atoms with Gasteiger partial charge in [-0.2, -0.15) is 0 Å². The van der Waals surface area contributed by atoms with Crippen LogP contribution in [0.15, 0.2) is 29.3 Å². The fourth-order valence-corrected chi connectivity index (χ4v) is 3.52. The molecule has 1 aliphatic rings. The third-order valence-electron chi connectivity index (χ3n) is 5.24. The van der Waals surface area contributed by atoms with E-state index in [9.17, 15) is 0 Å². The van der Waals surface area contributed by atoms with Gasteiger partial charge in [0, 0.05) is 39.2 Å². The van der Waals surface area contributed by atoms with Crippen LogP contribution < -0.4 is 5.32 Å². The van der Waals surface area contributed by atoms with Crippen LogP contribution in [-0.2, 0) is 15.9 Å². The van der Waals surface area contributed by atoms with Crippen molar-refractivity contribution in [2.75, 3.05) is 53.1 Å². The van der Waals surface area contributed by atoms with E-state index in [2.05, 4.69) is 55.3 Å². The Morgan fingerprint density at radius 1 is 1.24 bits per heavy atom. The van der Waals surface area contributed by atoms with E-state index in [1.54, 1.807) is 7.11 Å². The molecule has 1 aromatic carbocycles. The number of ether oxygens (including phenoxy) is 2. The lowest BCUT2D eigenvalue weighted by Gasteiger charge is -2.21. The van der Waals surface area contributed by atoms with Crippen LogP contribution in [0.4, 0.5) is 0 Å². The Kier molecular flexibility index (Phi) is 13.6. The molecular formula is C23H40IN3O2. The van der Waals surface area contributed by atoms with E-state index >= 15 is 0 Å². The van der Waals surface area contributed by atoms with Crippen molar-refractivity contribution < 1.29 is 9.47 Å². The molecule has 0 saturated carbocycles. The molecule has 0 aliphatic carbocycles. The first kappa shape index (κ1) is 26.2. The molecule has 0 amide bonds. The largest absolute Gasteiger partial charge is 0.382 e. The number of hydrogen-bond acceptors (Lipinski definition) is 3. The van der Waals surface area contributed by atoms with Crippen LogP contribution in [0.2, 0.25) is 0 Å². The summed E-state index contributed by atoms with van der Waals surface area (Å²) < 4.78 is 10.7. The SMILES string of the molecule is CCNC(=NCCCc1ccc(C(C)C)cc1)N1CCC(COCCOC)C1.I. The van der Waals surface area contributed by atoms with Crippen LogP contribution in [0.5, 0.6) is 0 Å². The number of aliphatic imine (C=N–C) groups is 1. The first-order valence-electron chi connectivity index (χ1n) is 10.8. The number of nitrogens with one attached hydrogen (secondary N) is 1. The number of guanidine groups is 1. The molecule has 1 aromatic rings. The van der Waals surface area contributed by atoms with Crippen LogP contribution in [0, 0.1) is 5.92 Å². The van der Waals surface area contributed by atoms with Crippen molar-refractivity contribution in [1.82, 2.24) is 10.2 Å². The van der Waals surface area contributed by atoms with Gasteiger partial charge in [0.2, 0.25) is 0 Å². The average Bonchev–Trinajstić information content (AvgIpc) is 3.17. The van der Waals surface area contributed by atoms with Gasteiger partial charge in [-0.15, -0.1) is 24.0 Å². The average molecular weight is 517 g/mol. The minimum absolute atomic E-state index is 0. The standard InChI is InChI=1S/C23H39N3O2.HI/c1-5-24-23(26-14-12-21(17-26)18-28-16-15-27-4)25-13-6-7-20-8-10-22(11-9-20)19(2)3;/h8-11,19,21H,5-7,12-18H2,1-4H3,(H,24,25);1H. The third-order valence-corrected chi connectivity index (χ3v) is 5.24. The maximum absolute atomic E-state index is 5.70. The summed E-state index contributed by atoms with van der Waals surface area (Å²) in [5.74, 6) is 2.23. The first-order valence-corrected chi connectivity index (χ1v) is 10.8. The van der Waals surface area contributed by atoms with Gasteiger partial charge in [0.05, 0.1) is 19.8 Å². The second-order valence-electron chi connectivity index (χ2n) is 7.90. The van der Waals surface area contributed by atoms with E-state index in [0.29, 0.717) is 25.0 Å². The van der Waals surface area contributed by atoms with Gasteiger partial charge in [-0.1, -0.05) is 38.1 Å². The number of aryl methyl sites for hydroxylation is 1. The minimum atomic E-state index is 0. The predicted molar refractivity (Wildman–Crippen MR) is 133 cm³/mol. The fourth-order valence-electron chi connectivity index (χ4n) is 3.52. The summed E-state index contributed by atoms with van der Waals surface area (Å²) in [6.45, 7) is 12.6. The van der Waals surface area contributed by atoms with Crippen molar-refractivity contribution in [3.8, 4) is 0 Å². The molecule has 166 valence electrons. The van der Waals surface area contributed by atoms with Crippen molar-refractivity contribution >= 4 is 29.9 Å². The van der Waals surface area contributed by atoms with Crippen molar-refractivity contribution in [1.29, 1.82) is 0 Å². The van der Waals surface area contributed by atoms with Gasteiger partial charge in [-0.05, 0) is 43.2 Å². The highest BCUT2D eigenvalue weighted by Crippen LogP contribution is 2.17. The topological polar surface area (TPSA) is 46.1 Å². The molecule has 1 aliphatic heterocycles. The quantitative estimate of drug-likeness (QED) is 0.206. The van der Waals surface area contributed by atoms with Crippen LogP contribution in [0.1, 0.15) is 50.7 Å². The number of methoxy groups -OCH3 is 1. The molecule has 0 spiro atoms. The molecule has 1 saturated heterocycles. The molecule has 6 heteroatoms. The van der Waals surface area contributed by atoms with Gasteiger partial charge in [0.15, 0.2) is 5.96 Å². The van der Waals surface area contributed by atoms with Crippen LogP contribution in [-0.4, -0.2) is 64.0 Å². The zero-order valence-corrected chi connectivity index (χ0v) is 21.0. The van der Waals surface area contributed by atoms with Gasteiger partial charge in [0.25, 0.3) is 0 Å². The highest BCUT2D eigenvalue weighted by molar-refractivity contribution is 14.0. The van der Waals surface area contributed by atoms with Crippen LogP contribution in [0.25, 0.3) is 0 Å². The zero-order valence-electron chi connectivity index (χ0n) is 18.7. The number of benzene rings is 1. The van der Waals surface area contributed by atoms with Crippen LogP contribution in [0.3, 0.4) is 0 Å². The number of likely N-dealkylation sites (tertiary alicyclic amines) is 1. The summed E-state index contributed by atoms with van der Waals surface area (Å²) in [5.41, 5.74) is 2.81. The van der Waals surface area contributed by atoms with Crippen molar-refractivity contribution in [3.05, 3.63) is 35.4 Å². The molecule has 1 fully saturated rings. The monoisotopic (exact) mass is 517 g/mol. The summed E-state index contributed by atoms with van der Waals surface area (Å²) in [5, 5.41) is 3.46. The van der Waals surface area contributed by atoms with Crippen molar-refractivity contribution in [2.45, 2.75) is 46.0 Å². The van der Waals surface area contributed by atoms with Gasteiger partial charge in [-0.3, -0.25) is 4.99 Å². The first-order chi connectivity index (χ1) is 13.6. The lowest BCUT2D eigenvalue weighted by molar-refractivity contribution is 0.0536. The number of halogens is 1. The maximum Gasteiger partial charge on any atom is 0.193 e. The van der Waals surface area contributed by atoms with Gasteiger partial charge < -0.3 is 19.7 Å². The Labute approximate surface area is 194 Å². The summed E-state index contributed by atoms with van der Waals surface area (Å²) in [4.78, 5) is 7.25. The van der Waals surface area contributed by atoms with Gasteiger partial charge >= 0.3 is 0 Å². The van der Waals surface area contributed by atoms with E-state index in [1.807, 2.05) is 0 Å². The molecule has 0 bridgehead atoms. The minimum Gasteiger partial charge on any atom is -0.382 e. The summed E-state index contributed by atoms with van der Waals surface area (Å²) >= 11 is 0. The Morgan fingerprint density at radius 2 is 2.00 bits per heavy atom. The number of rotatable bonds is 11. The zero-order chi connectivity index (χ0) is 20.2. The molecule has 0 radical (unpaired) electrons. The van der Waals surface area contributed by atoms with E-state index < -0.39 is 0 Å². The number of nitrogens with zero attached hydrogens (tertiary/aromatic N) is 2. The highest BCUT2D eigenvalue weighted by atomic mass is 127. The van der Waals surface area contributed by atoms with Crippen molar-refractivity contribution in [3.63, 3.8) is 0 Å². The second kappa shape index (κ2) is 15.0. The molecule has 1 N–H and O–H groups in total. The molecule has 5 nitrogen and oxygen atoms in total. The van der Waals surface area contributed by atoms with E-state index in [1.165, 1.54) is 17.5 Å². The smallest absolute Gasteiger partial charge is 0.193 e. The molecule has 1 unspecified atom stereocenters. The lowest BCUT2D eigenvalue weighted by atomic mass is 10.0. The van der Waals surface area contributed by atoms with E-state index in [0.717, 1.165) is 51.6 Å². The third kappa shape index (κ3) is 9.66. The number of hydrogen-bond donors (Lipinski definition) is 1. The molecular weight excluding hydrogens is 477 g/mol. The Hall–Kier alpha value is -0.860. The Morgan fingerprint density at radius 3 is 2.66 bits per heavy atom. The maximum atomic E-state index is 5.70. The van der Waals surface area contributed by atoms with Crippen LogP contribution >= 0.6 is 24.0 Å². The fraction of sp³-hybridized carbons (Fsp3) is 0.696. The molecule has 2 rings (SSSR count). The van der Waals surface area contributed by atoms with E-state index in [-0.39, 0.29) is 24.0 Å². The molecule has 1 heterocycles. The molecule has 29 heavy (non-hydrogen) atoms. The Balaban J connectivity index is 0.00000420. The van der Waals surface area contributed by atoms with E-state index in [4.69, 9.17) is 14.5 Å². The predicted octanol–water partition coefficient (Wildman–Crippen LogP) is 4.31.